The average Bonchev–Trinajstić information content (AvgIpc) is 3.63. The lowest BCUT2D eigenvalue weighted by atomic mass is 9.62. The number of esters is 1. The number of nitrogens with zero attached hydrogens (tertiary/aromatic N) is 1. The smallest absolute Gasteiger partial charge is 0.333 e. The summed E-state index contributed by atoms with van der Waals surface area (Å²) >= 11 is 0. The number of hydrogen-bond acceptors (Lipinski definition) is 9. The summed E-state index contributed by atoms with van der Waals surface area (Å²) in [6.07, 6.45) is 4.84. The number of fused-ring (bicyclic) bond motifs is 2. The molecule has 0 amide bonds. The van der Waals surface area contributed by atoms with Gasteiger partial charge >= 0.3 is 11.9 Å². The molecule has 5 aliphatic rings. The van der Waals surface area contributed by atoms with Crippen molar-refractivity contribution in [1.82, 2.24) is 4.98 Å². The monoisotopic (exact) mass is 570 g/mol. The molecule has 8 unspecified atom stereocenters. The SMILES string of the molecule is C=CC1C(CC(=O)O)C(C(=O)OC)=CC2(CCCC2)C1OC1OC(CO)C23OC=c4[n-]ccc4=C2CCC1(O)C3O. The van der Waals surface area contributed by atoms with Gasteiger partial charge in [-0.3, -0.25) is 4.79 Å². The molecule has 0 aromatic carbocycles. The zero-order valence-corrected chi connectivity index (χ0v) is 22.9. The van der Waals surface area contributed by atoms with E-state index in [1.807, 2.05) is 6.07 Å². The Morgan fingerprint density at radius 3 is 2.68 bits per heavy atom. The summed E-state index contributed by atoms with van der Waals surface area (Å²) in [5, 5.41) is 45.5. The predicted molar refractivity (Wildman–Crippen MR) is 142 cm³/mol. The number of rotatable bonds is 7. The Bertz CT molecular complexity index is 1390. The molecular formula is C30H36NO10-. The second-order valence-electron chi connectivity index (χ2n) is 11.9. The number of ether oxygens (including phenoxy) is 4. The maximum Gasteiger partial charge on any atom is 0.333 e. The normalized spacial score (nSPS) is 38.6. The first-order chi connectivity index (χ1) is 19.6. The topological polar surface area (TPSA) is 166 Å². The van der Waals surface area contributed by atoms with Crippen LogP contribution in [0.1, 0.15) is 44.9 Å². The molecule has 3 heterocycles. The van der Waals surface area contributed by atoms with Gasteiger partial charge < -0.3 is 44.4 Å². The fraction of sp³-hybridized carbons (Fsp3) is 0.600. The van der Waals surface area contributed by atoms with Crippen LogP contribution in [0, 0.1) is 17.3 Å². The number of methoxy groups -OCH3 is 1. The van der Waals surface area contributed by atoms with E-state index in [1.54, 1.807) is 18.3 Å². The lowest BCUT2D eigenvalue weighted by molar-refractivity contribution is -0.377. The van der Waals surface area contributed by atoms with Gasteiger partial charge in [-0.15, -0.1) is 6.58 Å². The number of aliphatic hydroxyl groups is 3. The van der Waals surface area contributed by atoms with Gasteiger partial charge in [0.1, 0.15) is 17.8 Å². The van der Waals surface area contributed by atoms with Crippen molar-refractivity contribution in [3.8, 4) is 0 Å². The van der Waals surface area contributed by atoms with Gasteiger partial charge in [0.2, 0.25) is 0 Å². The van der Waals surface area contributed by atoms with Gasteiger partial charge in [0.15, 0.2) is 11.9 Å². The van der Waals surface area contributed by atoms with Gasteiger partial charge in [-0.2, -0.15) is 6.20 Å². The number of aromatic nitrogens is 1. The standard InChI is InChI=1S/C30H36NO10/c1-3-16-18(12-23(33)34)19(25(35)38-2)13-28(8-4-5-9-28)24(16)41-27-29(37)10-6-20-17-7-11-31-21(17)15-39-30(20,26(29)36)22(14-32)40-27/h3,7,11,13,15-16,18,22,24,26-27,32,36-37H,1,4-6,8-10,12,14H2,2H3,(H,33,34)/q-1. The number of aliphatic hydroxyl groups excluding tert-OH is 2. The molecule has 11 nitrogen and oxygen atoms in total. The number of hydrogen-bond donors (Lipinski definition) is 4. The Morgan fingerprint density at radius 2 is 2.02 bits per heavy atom. The van der Waals surface area contributed by atoms with Crippen LogP contribution in [0.25, 0.3) is 11.8 Å². The van der Waals surface area contributed by atoms with E-state index >= 15 is 0 Å². The molecule has 3 aliphatic carbocycles. The highest BCUT2D eigenvalue weighted by Gasteiger charge is 2.69. The van der Waals surface area contributed by atoms with E-state index in [2.05, 4.69) is 11.6 Å². The van der Waals surface area contributed by atoms with Crippen molar-refractivity contribution in [2.75, 3.05) is 13.7 Å². The van der Waals surface area contributed by atoms with Gasteiger partial charge in [0.05, 0.1) is 32.5 Å². The second kappa shape index (κ2) is 10.1. The third-order valence-electron chi connectivity index (χ3n) is 10.0. The molecule has 4 N–H and O–H groups in total. The highest BCUT2D eigenvalue weighted by atomic mass is 16.7. The number of aliphatic carboxylic acids is 1. The van der Waals surface area contributed by atoms with Crippen molar-refractivity contribution in [1.29, 1.82) is 0 Å². The Kier molecular flexibility index (Phi) is 6.94. The summed E-state index contributed by atoms with van der Waals surface area (Å²) in [5.74, 6) is -3.12. The van der Waals surface area contributed by atoms with E-state index in [1.165, 1.54) is 13.4 Å². The first kappa shape index (κ1) is 28.2. The minimum atomic E-state index is -1.92. The Hall–Kier alpha value is -2.96. The molecule has 8 atom stereocenters. The fourth-order valence-electron chi connectivity index (χ4n) is 8.09. The molecule has 11 heteroatoms. The molecule has 2 bridgehead atoms. The van der Waals surface area contributed by atoms with Gasteiger partial charge in [0, 0.05) is 22.8 Å². The fourth-order valence-corrected chi connectivity index (χ4v) is 8.09. The zero-order valence-electron chi connectivity index (χ0n) is 22.9. The second-order valence-corrected chi connectivity index (χ2v) is 11.9. The van der Waals surface area contributed by atoms with Crippen molar-refractivity contribution in [3.05, 3.63) is 47.1 Å². The molecule has 1 aromatic heterocycles. The molecule has 3 fully saturated rings. The van der Waals surface area contributed by atoms with Gasteiger partial charge in [-0.1, -0.05) is 36.4 Å². The van der Waals surface area contributed by atoms with E-state index in [0.717, 1.165) is 18.1 Å². The molecule has 2 spiro atoms. The van der Waals surface area contributed by atoms with E-state index in [0.29, 0.717) is 30.2 Å². The zero-order chi connectivity index (χ0) is 29.2. The molecule has 222 valence electrons. The summed E-state index contributed by atoms with van der Waals surface area (Å²) in [6, 6.07) is 1.81. The molecule has 1 saturated heterocycles. The molecule has 1 aromatic rings. The van der Waals surface area contributed by atoms with Gasteiger partial charge in [0.25, 0.3) is 0 Å². The van der Waals surface area contributed by atoms with Crippen molar-refractivity contribution in [3.63, 3.8) is 0 Å². The van der Waals surface area contributed by atoms with E-state index < -0.39 is 71.6 Å². The average molecular weight is 571 g/mol. The maximum atomic E-state index is 12.9. The van der Waals surface area contributed by atoms with Crippen LogP contribution in [0.5, 0.6) is 0 Å². The lowest BCUT2D eigenvalue weighted by Crippen LogP contribution is -2.77. The van der Waals surface area contributed by atoms with Crippen molar-refractivity contribution in [2.45, 2.75) is 80.7 Å². The lowest BCUT2D eigenvalue weighted by Gasteiger charge is -2.60. The minimum Gasteiger partial charge on any atom is -0.661 e. The molecule has 2 saturated carbocycles. The molecule has 0 radical (unpaired) electrons. The first-order valence-electron chi connectivity index (χ1n) is 14.1. The molecular weight excluding hydrogens is 534 g/mol. The van der Waals surface area contributed by atoms with Crippen LogP contribution in [0.3, 0.4) is 0 Å². The quantitative estimate of drug-likeness (QED) is 0.255. The Labute approximate surface area is 236 Å². The Balaban J connectivity index is 1.42. The van der Waals surface area contributed by atoms with E-state index in [9.17, 15) is 30.0 Å². The maximum absolute atomic E-state index is 12.9. The molecule has 41 heavy (non-hydrogen) atoms. The van der Waals surface area contributed by atoms with Crippen LogP contribution < -0.4 is 15.6 Å². The van der Waals surface area contributed by atoms with Crippen LogP contribution in [0.15, 0.2) is 36.6 Å². The number of carboxylic acids is 1. The van der Waals surface area contributed by atoms with Crippen LogP contribution in [0.2, 0.25) is 0 Å². The number of carbonyl (C=O) groups excluding carboxylic acids is 1. The van der Waals surface area contributed by atoms with Crippen LogP contribution >= 0.6 is 0 Å². The third-order valence-corrected chi connectivity index (χ3v) is 10.0. The van der Waals surface area contributed by atoms with E-state index in [-0.39, 0.29) is 18.4 Å². The third kappa shape index (κ3) is 3.97. The van der Waals surface area contributed by atoms with Gasteiger partial charge in [-0.05, 0) is 36.5 Å². The summed E-state index contributed by atoms with van der Waals surface area (Å²) in [4.78, 5) is 29.1. The molecule has 6 rings (SSSR count). The van der Waals surface area contributed by atoms with Crippen molar-refractivity contribution in [2.24, 2.45) is 17.3 Å². The number of carboxylic acid groups (broad SMARTS) is 1. The predicted octanol–water partition coefficient (Wildman–Crippen LogP) is -0.144. The van der Waals surface area contributed by atoms with Gasteiger partial charge in [-0.25, -0.2) is 4.79 Å². The highest BCUT2D eigenvalue weighted by Crippen LogP contribution is 2.57. The summed E-state index contributed by atoms with van der Waals surface area (Å²) in [6.45, 7) is 3.45. The van der Waals surface area contributed by atoms with Crippen LogP contribution in [0.4, 0.5) is 0 Å². The number of carbonyl (C=O) groups is 2. The summed E-state index contributed by atoms with van der Waals surface area (Å²) < 4.78 is 24.1. The van der Waals surface area contributed by atoms with Crippen molar-refractivity contribution < 1.29 is 49.0 Å². The molecule has 2 aliphatic heterocycles. The Morgan fingerprint density at radius 1 is 1.27 bits per heavy atom. The minimum absolute atomic E-state index is 0.0856. The highest BCUT2D eigenvalue weighted by molar-refractivity contribution is 5.90. The van der Waals surface area contributed by atoms with Crippen molar-refractivity contribution >= 4 is 23.8 Å². The summed E-state index contributed by atoms with van der Waals surface area (Å²) in [5.41, 5.74) is -3.16. The van der Waals surface area contributed by atoms with Crippen LogP contribution in [-0.2, 0) is 28.5 Å². The largest absolute Gasteiger partial charge is 0.661 e. The van der Waals surface area contributed by atoms with E-state index in [4.69, 9.17) is 18.9 Å². The first-order valence-corrected chi connectivity index (χ1v) is 14.1. The van der Waals surface area contributed by atoms with Crippen LogP contribution in [-0.4, -0.2) is 81.9 Å². The summed E-state index contributed by atoms with van der Waals surface area (Å²) in [7, 11) is 1.26.